The van der Waals surface area contributed by atoms with E-state index in [1.807, 2.05) is 25.1 Å². The zero-order valence-electron chi connectivity index (χ0n) is 15.9. The third-order valence-electron chi connectivity index (χ3n) is 3.75. The minimum absolute atomic E-state index is 0.00251. The maximum atomic E-state index is 12.6. The van der Waals surface area contributed by atoms with Gasteiger partial charge in [0.1, 0.15) is 0 Å². The van der Waals surface area contributed by atoms with E-state index in [0.29, 0.717) is 23.6 Å². The van der Waals surface area contributed by atoms with Crippen LogP contribution in [0, 0.1) is 5.41 Å². The highest BCUT2D eigenvalue weighted by atomic mass is 16.2. The van der Waals surface area contributed by atoms with Crippen LogP contribution in [0.5, 0.6) is 0 Å². The first-order chi connectivity index (χ1) is 13.4. The Bertz CT molecular complexity index is 893. The molecular weight excluding hydrogens is 356 g/mol. The van der Waals surface area contributed by atoms with Crippen LogP contribution in [0.2, 0.25) is 0 Å². The molecule has 0 aromatic heterocycles. The molecule has 2 aromatic rings. The van der Waals surface area contributed by atoms with E-state index >= 15 is 0 Å². The average molecular weight is 380 g/mol. The van der Waals surface area contributed by atoms with Gasteiger partial charge in [-0.1, -0.05) is 25.1 Å². The van der Waals surface area contributed by atoms with Crippen LogP contribution in [-0.2, 0) is 4.79 Å². The molecule has 6 N–H and O–H groups in total. The molecular formula is C20H24N6O2. The molecule has 0 spiro atoms. The summed E-state index contributed by atoms with van der Waals surface area (Å²) in [5.41, 5.74) is 10.1. The van der Waals surface area contributed by atoms with E-state index < -0.39 is 11.8 Å². The van der Waals surface area contributed by atoms with E-state index in [9.17, 15) is 9.59 Å². The number of benzene rings is 2. The third kappa shape index (κ3) is 5.66. The van der Waals surface area contributed by atoms with Crippen LogP contribution in [0.25, 0.3) is 0 Å². The van der Waals surface area contributed by atoms with Gasteiger partial charge in [-0.2, -0.15) is 5.10 Å². The van der Waals surface area contributed by atoms with Gasteiger partial charge in [0.25, 0.3) is 11.8 Å². The molecule has 2 rings (SSSR count). The lowest BCUT2D eigenvalue weighted by Gasteiger charge is -2.12. The second-order valence-electron chi connectivity index (χ2n) is 6.07. The Morgan fingerprint density at radius 1 is 1.11 bits per heavy atom. The fraction of sp³-hybridized carbons (Fsp3) is 0.200. The Morgan fingerprint density at radius 3 is 2.43 bits per heavy atom. The molecule has 0 heterocycles. The number of nitrogens with zero attached hydrogens (tertiary/aromatic N) is 1. The summed E-state index contributed by atoms with van der Waals surface area (Å²) in [6.07, 6.45) is 0.892. The quantitative estimate of drug-likeness (QED) is 0.338. The van der Waals surface area contributed by atoms with Gasteiger partial charge in [0.05, 0.1) is 17.0 Å². The monoisotopic (exact) mass is 380 g/mol. The summed E-state index contributed by atoms with van der Waals surface area (Å²) in [7, 11) is 0. The zero-order chi connectivity index (χ0) is 20.5. The van der Waals surface area contributed by atoms with Crippen LogP contribution in [-0.4, -0.2) is 29.8 Å². The summed E-state index contributed by atoms with van der Waals surface area (Å²) in [5.74, 6) is -1.17. The summed E-state index contributed by atoms with van der Waals surface area (Å²) in [5, 5.41) is 17.6. The van der Waals surface area contributed by atoms with Gasteiger partial charge >= 0.3 is 0 Å². The molecule has 146 valence electrons. The van der Waals surface area contributed by atoms with Gasteiger partial charge in [0.15, 0.2) is 5.71 Å². The van der Waals surface area contributed by atoms with Gasteiger partial charge in [0.2, 0.25) is 0 Å². The maximum Gasteiger partial charge on any atom is 0.277 e. The molecule has 8 nitrogen and oxygen atoms in total. The van der Waals surface area contributed by atoms with Crippen molar-refractivity contribution in [3.05, 3.63) is 54.1 Å². The van der Waals surface area contributed by atoms with Crippen molar-refractivity contribution < 1.29 is 9.59 Å². The SMILES string of the molecule is CCCNc1ccc(NC(=O)/C(=N/Nc2ccccc2)C(C)=N)cc1C(N)=O. The molecule has 0 bridgehead atoms. The first kappa shape index (κ1) is 20.6. The van der Waals surface area contributed by atoms with Crippen LogP contribution in [0.4, 0.5) is 17.1 Å². The number of para-hydroxylation sites is 1. The molecule has 2 aromatic carbocycles. The highest BCUT2D eigenvalue weighted by Crippen LogP contribution is 2.20. The number of carbonyl (C=O) groups excluding carboxylic acids is 2. The lowest BCUT2D eigenvalue weighted by molar-refractivity contribution is -0.110. The number of primary amides is 1. The summed E-state index contributed by atoms with van der Waals surface area (Å²) < 4.78 is 0. The molecule has 0 aliphatic heterocycles. The predicted molar refractivity (Wildman–Crippen MR) is 113 cm³/mol. The van der Waals surface area contributed by atoms with Crippen molar-refractivity contribution in [1.29, 1.82) is 5.41 Å². The Labute approximate surface area is 163 Å². The normalized spacial score (nSPS) is 10.9. The smallest absolute Gasteiger partial charge is 0.277 e. The van der Waals surface area contributed by atoms with Gasteiger partial charge in [-0.15, -0.1) is 0 Å². The van der Waals surface area contributed by atoms with E-state index in [4.69, 9.17) is 11.1 Å². The first-order valence-corrected chi connectivity index (χ1v) is 8.85. The van der Waals surface area contributed by atoms with Crippen molar-refractivity contribution in [3.8, 4) is 0 Å². The molecule has 2 amide bonds. The second kappa shape index (κ2) is 9.86. The highest BCUT2D eigenvalue weighted by Gasteiger charge is 2.16. The predicted octanol–water partition coefficient (Wildman–Crippen LogP) is 3.05. The Kier molecular flexibility index (Phi) is 7.27. The van der Waals surface area contributed by atoms with Crippen molar-refractivity contribution >= 4 is 40.3 Å². The van der Waals surface area contributed by atoms with Crippen molar-refractivity contribution in [2.24, 2.45) is 10.8 Å². The first-order valence-electron chi connectivity index (χ1n) is 8.85. The number of carbonyl (C=O) groups is 2. The molecule has 0 unspecified atom stereocenters. The highest BCUT2D eigenvalue weighted by molar-refractivity contribution is 6.67. The Morgan fingerprint density at radius 2 is 1.82 bits per heavy atom. The molecule has 28 heavy (non-hydrogen) atoms. The van der Waals surface area contributed by atoms with Gasteiger partial charge in [0, 0.05) is 17.9 Å². The van der Waals surface area contributed by atoms with E-state index in [2.05, 4.69) is 21.2 Å². The Hall–Kier alpha value is -3.68. The average Bonchev–Trinajstić information content (AvgIpc) is 2.67. The molecule has 0 fully saturated rings. The van der Waals surface area contributed by atoms with Gasteiger partial charge in [-0.05, 0) is 43.7 Å². The van der Waals surface area contributed by atoms with Crippen molar-refractivity contribution in [3.63, 3.8) is 0 Å². The number of anilines is 3. The summed E-state index contributed by atoms with van der Waals surface area (Å²) in [4.78, 5) is 24.3. The van der Waals surface area contributed by atoms with E-state index in [1.54, 1.807) is 24.3 Å². The number of hydrogen-bond acceptors (Lipinski definition) is 6. The van der Waals surface area contributed by atoms with E-state index in [1.165, 1.54) is 13.0 Å². The van der Waals surface area contributed by atoms with Crippen LogP contribution >= 0.6 is 0 Å². The van der Waals surface area contributed by atoms with Crippen LogP contribution < -0.4 is 21.8 Å². The van der Waals surface area contributed by atoms with Crippen LogP contribution in [0.1, 0.15) is 30.6 Å². The van der Waals surface area contributed by atoms with Crippen LogP contribution in [0.3, 0.4) is 0 Å². The fourth-order valence-electron chi connectivity index (χ4n) is 2.37. The summed E-state index contributed by atoms with van der Waals surface area (Å²) in [6, 6.07) is 13.9. The molecule has 0 aliphatic rings. The standard InChI is InChI=1S/C20H24N6O2/c1-3-11-23-17-10-9-15(12-16(17)19(22)27)24-20(28)18(13(2)21)26-25-14-7-5-4-6-8-14/h4-10,12,21,23,25H,3,11H2,1-2H3,(H2,22,27)(H,24,28)/b21-13?,26-18+. The topological polar surface area (TPSA) is 132 Å². The van der Waals surface area contributed by atoms with Crippen molar-refractivity contribution in [1.82, 2.24) is 0 Å². The van der Waals surface area contributed by atoms with Gasteiger partial charge in [-0.3, -0.25) is 15.0 Å². The van der Waals surface area contributed by atoms with Gasteiger partial charge in [-0.25, -0.2) is 0 Å². The van der Waals surface area contributed by atoms with Crippen LogP contribution in [0.15, 0.2) is 53.6 Å². The van der Waals surface area contributed by atoms with E-state index in [-0.39, 0.29) is 17.0 Å². The van der Waals surface area contributed by atoms with Gasteiger partial charge < -0.3 is 21.8 Å². The maximum absolute atomic E-state index is 12.6. The fourth-order valence-corrected chi connectivity index (χ4v) is 2.37. The number of nitrogens with one attached hydrogen (secondary N) is 4. The lowest BCUT2D eigenvalue weighted by Crippen LogP contribution is -2.29. The van der Waals surface area contributed by atoms with Crippen molar-refractivity contribution in [2.45, 2.75) is 20.3 Å². The molecule has 8 heteroatoms. The minimum atomic E-state index is -0.599. The molecule has 0 aliphatic carbocycles. The number of hydrogen-bond donors (Lipinski definition) is 5. The third-order valence-corrected chi connectivity index (χ3v) is 3.75. The molecule has 0 saturated carbocycles. The zero-order valence-corrected chi connectivity index (χ0v) is 15.9. The van der Waals surface area contributed by atoms with Crippen molar-refractivity contribution in [2.75, 3.05) is 22.6 Å². The summed E-state index contributed by atoms with van der Waals surface area (Å²) in [6.45, 7) is 4.17. The molecule has 0 radical (unpaired) electrons. The molecule has 0 saturated heterocycles. The lowest BCUT2D eigenvalue weighted by atomic mass is 10.1. The number of nitrogens with two attached hydrogens (primary N) is 1. The molecule has 0 atom stereocenters. The summed E-state index contributed by atoms with van der Waals surface area (Å²) >= 11 is 0. The largest absolute Gasteiger partial charge is 0.384 e. The minimum Gasteiger partial charge on any atom is -0.384 e. The number of amides is 2. The number of hydrazone groups is 1. The number of rotatable bonds is 9. The second-order valence-corrected chi connectivity index (χ2v) is 6.07. The Balaban J connectivity index is 2.19. The van der Waals surface area contributed by atoms with E-state index in [0.717, 1.165) is 6.42 Å².